The Bertz CT molecular complexity index is 547. The molecule has 4 nitrogen and oxygen atoms in total. The molecule has 1 aliphatic rings. The molecule has 1 N–H and O–H groups in total. The fourth-order valence-electron chi connectivity index (χ4n) is 2.73. The highest BCUT2D eigenvalue weighted by Crippen LogP contribution is 2.07. The molecule has 0 amide bonds. The van der Waals surface area contributed by atoms with Crippen molar-refractivity contribution in [2.45, 2.75) is 13.5 Å². The van der Waals surface area contributed by atoms with E-state index >= 15 is 0 Å². The van der Waals surface area contributed by atoms with Crippen LogP contribution in [0.3, 0.4) is 0 Å². The molecule has 1 fully saturated rings. The first-order valence-electron chi connectivity index (χ1n) is 7.23. The average Bonchev–Trinajstić information content (AvgIpc) is 2.51. The zero-order valence-electron chi connectivity index (χ0n) is 11.9. The Morgan fingerprint density at radius 1 is 1.05 bits per heavy atom. The molecular weight excluding hydrogens is 248 g/mol. The van der Waals surface area contributed by atoms with Crippen LogP contribution in [0, 0.1) is 6.92 Å². The van der Waals surface area contributed by atoms with E-state index < -0.39 is 0 Å². The van der Waals surface area contributed by atoms with Crippen molar-refractivity contribution in [2.75, 3.05) is 31.1 Å². The smallest absolute Gasteiger partial charge is 0.225 e. The van der Waals surface area contributed by atoms with Crippen molar-refractivity contribution in [1.82, 2.24) is 9.97 Å². The van der Waals surface area contributed by atoms with E-state index in [0.717, 1.165) is 38.7 Å². The molecule has 0 saturated carbocycles. The van der Waals surface area contributed by atoms with Gasteiger partial charge in [-0.3, -0.25) is 0 Å². The zero-order valence-corrected chi connectivity index (χ0v) is 11.9. The van der Waals surface area contributed by atoms with E-state index in [1.165, 1.54) is 11.1 Å². The molecule has 2 heterocycles. The van der Waals surface area contributed by atoms with Gasteiger partial charge in [0.1, 0.15) is 6.54 Å². The first-order valence-corrected chi connectivity index (χ1v) is 7.23. The molecule has 1 saturated heterocycles. The molecule has 20 heavy (non-hydrogen) atoms. The number of piperazine rings is 1. The second-order valence-electron chi connectivity index (χ2n) is 5.39. The van der Waals surface area contributed by atoms with Crippen LogP contribution in [-0.2, 0) is 6.54 Å². The molecule has 4 heteroatoms. The number of aromatic nitrogens is 2. The molecule has 0 unspecified atom stereocenters. The Kier molecular flexibility index (Phi) is 3.92. The van der Waals surface area contributed by atoms with Gasteiger partial charge in [-0.05, 0) is 18.6 Å². The molecule has 0 spiro atoms. The molecule has 0 bridgehead atoms. The standard InChI is InChI=1S/C16H20N4/c1-14-5-2-3-6-15(14)13-19-9-11-20(12-10-19)16-17-7-4-8-18-16/h2-8H,9-13H2,1H3/p+1. The Morgan fingerprint density at radius 3 is 2.45 bits per heavy atom. The lowest BCUT2D eigenvalue weighted by atomic mass is 10.1. The van der Waals surface area contributed by atoms with Crippen LogP contribution in [0.5, 0.6) is 0 Å². The monoisotopic (exact) mass is 269 g/mol. The van der Waals surface area contributed by atoms with E-state index in [2.05, 4.69) is 46.1 Å². The van der Waals surface area contributed by atoms with Crippen molar-refractivity contribution in [3.05, 3.63) is 53.9 Å². The van der Waals surface area contributed by atoms with Gasteiger partial charge in [-0.1, -0.05) is 24.3 Å². The van der Waals surface area contributed by atoms with E-state index in [1.54, 1.807) is 4.90 Å². The first-order chi connectivity index (χ1) is 9.83. The predicted molar refractivity (Wildman–Crippen MR) is 79.8 cm³/mol. The number of benzene rings is 1. The maximum atomic E-state index is 4.33. The molecule has 1 aromatic carbocycles. The summed E-state index contributed by atoms with van der Waals surface area (Å²) in [7, 11) is 0. The van der Waals surface area contributed by atoms with Gasteiger partial charge in [0.15, 0.2) is 0 Å². The Balaban J connectivity index is 1.58. The molecule has 0 aliphatic carbocycles. The number of anilines is 1. The van der Waals surface area contributed by atoms with Gasteiger partial charge in [0.2, 0.25) is 5.95 Å². The number of nitrogens with one attached hydrogen (secondary N) is 1. The van der Waals surface area contributed by atoms with E-state index in [9.17, 15) is 0 Å². The van der Waals surface area contributed by atoms with Crippen molar-refractivity contribution in [1.29, 1.82) is 0 Å². The number of hydrogen-bond donors (Lipinski definition) is 1. The van der Waals surface area contributed by atoms with Crippen molar-refractivity contribution >= 4 is 5.95 Å². The van der Waals surface area contributed by atoms with E-state index in [-0.39, 0.29) is 0 Å². The summed E-state index contributed by atoms with van der Waals surface area (Å²) in [5, 5.41) is 0. The Labute approximate surface area is 120 Å². The largest absolute Gasteiger partial charge is 0.330 e. The van der Waals surface area contributed by atoms with E-state index in [0.29, 0.717) is 0 Å². The van der Waals surface area contributed by atoms with Crippen LogP contribution in [0.25, 0.3) is 0 Å². The lowest BCUT2D eigenvalue weighted by Gasteiger charge is -2.32. The number of quaternary nitrogens is 1. The third-order valence-electron chi connectivity index (χ3n) is 4.01. The van der Waals surface area contributed by atoms with Gasteiger partial charge in [-0.25, -0.2) is 9.97 Å². The number of nitrogens with zero attached hydrogens (tertiary/aromatic N) is 3. The van der Waals surface area contributed by atoms with Gasteiger partial charge in [0, 0.05) is 18.0 Å². The van der Waals surface area contributed by atoms with Gasteiger partial charge < -0.3 is 9.80 Å². The summed E-state index contributed by atoms with van der Waals surface area (Å²) in [4.78, 5) is 12.6. The van der Waals surface area contributed by atoms with Crippen molar-refractivity contribution < 1.29 is 4.90 Å². The van der Waals surface area contributed by atoms with Crippen molar-refractivity contribution in [3.8, 4) is 0 Å². The van der Waals surface area contributed by atoms with Crippen LogP contribution in [0.15, 0.2) is 42.7 Å². The van der Waals surface area contributed by atoms with Crippen LogP contribution in [0.1, 0.15) is 11.1 Å². The topological polar surface area (TPSA) is 33.5 Å². The number of hydrogen-bond acceptors (Lipinski definition) is 3. The quantitative estimate of drug-likeness (QED) is 0.890. The highest BCUT2D eigenvalue weighted by atomic mass is 15.3. The van der Waals surface area contributed by atoms with E-state index in [1.807, 2.05) is 18.5 Å². The van der Waals surface area contributed by atoms with Crippen LogP contribution in [-0.4, -0.2) is 36.1 Å². The van der Waals surface area contributed by atoms with Gasteiger partial charge in [-0.15, -0.1) is 0 Å². The molecule has 2 aromatic rings. The minimum absolute atomic E-state index is 0.863. The number of aryl methyl sites for hydroxylation is 1. The summed E-state index contributed by atoms with van der Waals surface area (Å²) in [5.41, 5.74) is 2.86. The SMILES string of the molecule is Cc1ccccc1C[NH+]1CCN(c2ncccn2)CC1. The summed E-state index contributed by atoms with van der Waals surface area (Å²) in [6.07, 6.45) is 3.63. The lowest BCUT2D eigenvalue weighted by molar-refractivity contribution is -0.914. The molecule has 1 aromatic heterocycles. The zero-order chi connectivity index (χ0) is 13.8. The van der Waals surface area contributed by atoms with Crippen LogP contribution < -0.4 is 9.80 Å². The van der Waals surface area contributed by atoms with Gasteiger partial charge in [-0.2, -0.15) is 0 Å². The average molecular weight is 269 g/mol. The fraction of sp³-hybridized carbons (Fsp3) is 0.375. The molecule has 3 rings (SSSR count). The summed E-state index contributed by atoms with van der Waals surface area (Å²) in [5.74, 6) is 0.863. The molecule has 104 valence electrons. The first kappa shape index (κ1) is 13.1. The maximum Gasteiger partial charge on any atom is 0.225 e. The second-order valence-corrected chi connectivity index (χ2v) is 5.39. The van der Waals surface area contributed by atoms with Crippen LogP contribution in [0.2, 0.25) is 0 Å². The molecule has 0 atom stereocenters. The van der Waals surface area contributed by atoms with E-state index in [4.69, 9.17) is 0 Å². The molecule has 1 aliphatic heterocycles. The Hall–Kier alpha value is -1.94. The lowest BCUT2D eigenvalue weighted by Crippen LogP contribution is -3.13. The van der Waals surface area contributed by atoms with Crippen molar-refractivity contribution in [2.24, 2.45) is 0 Å². The molecular formula is C16H21N4+. The summed E-state index contributed by atoms with van der Waals surface area (Å²) in [6.45, 7) is 7.68. The molecule has 0 radical (unpaired) electrons. The predicted octanol–water partition coefficient (Wildman–Crippen LogP) is 0.690. The minimum Gasteiger partial charge on any atom is -0.330 e. The van der Waals surface area contributed by atoms with Gasteiger partial charge >= 0.3 is 0 Å². The second kappa shape index (κ2) is 6.01. The minimum atomic E-state index is 0.863. The van der Waals surface area contributed by atoms with Crippen LogP contribution in [0.4, 0.5) is 5.95 Å². The maximum absolute atomic E-state index is 4.33. The summed E-state index contributed by atoms with van der Waals surface area (Å²) >= 11 is 0. The number of rotatable bonds is 3. The fourth-order valence-corrected chi connectivity index (χ4v) is 2.73. The third kappa shape index (κ3) is 2.96. The van der Waals surface area contributed by atoms with Crippen molar-refractivity contribution in [3.63, 3.8) is 0 Å². The summed E-state index contributed by atoms with van der Waals surface area (Å²) in [6, 6.07) is 10.6. The third-order valence-corrected chi connectivity index (χ3v) is 4.01. The highest BCUT2D eigenvalue weighted by molar-refractivity contribution is 5.28. The normalized spacial score (nSPS) is 16.4. The highest BCUT2D eigenvalue weighted by Gasteiger charge is 2.21. The van der Waals surface area contributed by atoms with Gasteiger partial charge in [0.05, 0.1) is 26.2 Å². The Morgan fingerprint density at radius 2 is 1.75 bits per heavy atom. The van der Waals surface area contributed by atoms with Gasteiger partial charge in [0.25, 0.3) is 0 Å². The summed E-state index contributed by atoms with van der Waals surface area (Å²) < 4.78 is 0. The van der Waals surface area contributed by atoms with Crippen LogP contribution >= 0.6 is 0 Å².